The van der Waals surface area contributed by atoms with E-state index in [0.717, 1.165) is 10.1 Å². The van der Waals surface area contributed by atoms with Gasteiger partial charge in [0.1, 0.15) is 5.69 Å². The van der Waals surface area contributed by atoms with Crippen LogP contribution in [0, 0.1) is 0 Å². The highest BCUT2D eigenvalue weighted by atomic mass is 16.7. The van der Waals surface area contributed by atoms with Crippen LogP contribution in [0.25, 0.3) is 0 Å². The molecule has 2 amide bonds. The Kier molecular flexibility index (Phi) is 7.82. The molecule has 37 heavy (non-hydrogen) atoms. The Morgan fingerprint density at radius 2 is 1.73 bits per heavy atom. The van der Waals surface area contributed by atoms with E-state index in [1.165, 1.54) is 22.7 Å². The summed E-state index contributed by atoms with van der Waals surface area (Å²) >= 11 is 0. The molecule has 2 aromatic rings. The van der Waals surface area contributed by atoms with Gasteiger partial charge in [-0.05, 0) is 32.0 Å². The lowest BCUT2D eigenvalue weighted by Gasteiger charge is -2.35. The van der Waals surface area contributed by atoms with Crippen LogP contribution >= 0.6 is 0 Å². The Labute approximate surface area is 215 Å². The molecular weight excluding hydrogens is 478 g/mol. The number of aromatic nitrogens is 2. The summed E-state index contributed by atoms with van der Waals surface area (Å²) in [6, 6.07) is 5.20. The summed E-state index contributed by atoms with van der Waals surface area (Å²) in [6.45, 7) is 7.12. The number of allylic oxidation sites excluding steroid dienone is 1. The Hall–Kier alpha value is -3.86. The molecule has 3 heterocycles. The van der Waals surface area contributed by atoms with Crippen molar-refractivity contribution in [3.63, 3.8) is 0 Å². The van der Waals surface area contributed by atoms with Crippen molar-refractivity contribution in [2.45, 2.75) is 20.3 Å². The van der Waals surface area contributed by atoms with E-state index < -0.39 is 11.2 Å². The van der Waals surface area contributed by atoms with Crippen molar-refractivity contribution in [1.82, 2.24) is 18.9 Å². The first-order valence-electron chi connectivity index (χ1n) is 12.3. The molecule has 11 nitrogen and oxygen atoms in total. The Balaban J connectivity index is 1.37. The number of fused-ring (bicyclic) bond motifs is 1. The van der Waals surface area contributed by atoms with Gasteiger partial charge in [-0.1, -0.05) is 11.6 Å². The van der Waals surface area contributed by atoms with Crippen LogP contribution in [-0.4, -0.2) is 76.8 Å². The van der Waals surface area contributed by atoms with E-state index in [4.69, 9.17) is 9.47 Å². The summed E-state index contributed by atoms with van der Waals surface area (Å²) in [6.07, 6.45) is 3.50. The van der Waals surface area contributed by atoms with Crippen molar-refractivity contribution >= 4 is 17.5 Å². The van der Waals surface area contributed by atoms with E-state index in [-0.39, 0.29) is 37.3 Å². The van der Waals surface area contributed by atoms with Crippen molar-refractivity contribution in [2.75, 3.05) is 51.0 Å². The smallest absolute Gasteiger partial charge is 0.330 e. The highest BCUT2D eigenvalue weighted by Gasteiger charge is 2.26. The second-order valence-electron chi connectivity index (χ2n) is 9.51. The quantitative estimate of drug-likeness (QED) is 0.510. The van der Waals surface area contributed by atoms with Gasteiger partial charge in [0, 0.05) is 71.5 Å². The molecule has 1 aromatic heterocycles. The molecule has 0 saturated carbocycles. The number of hydrogen-bond acceptors (Lipinski definition) is 7. The topological polar surface area (TPSA) is 106 Å². The van der Waals surface area contributed by atoms with Gasteiger partial charge < -0.3 is 23.8 Å². The molecule has 0 aliphatic carbocycles. The maximum Gasteiger partial charge on any atom is 0.330 e. The van der Waals surface area contributed by atoms with E-state index in [9.17, 15) is 19.2 Å². The van der Waals surface area contributed by atoms with Gasteiger partial charge in [0.2, 0.25) is 12.7 Å². The maximum atomic E-state index is 13.3. The lowest BCUT2D eigenvalue weighted by molar-refractivity contribution is -0.118. The van der Waals surface area contributed by atoms with Crippen LogP contribution in [0.3, 0.4) is 0 Å². The van der Waals surface area contributed by atoms with Crippen LogP contribution in [0.4, 0.5) is 5.69 Å². The minimum absolute atomic E-state index is 0.0625. The van der Waals surface area contributed by atoms with Crippen molar-refractivity contribution < 1.29 is 19.1 Å². The molecule has 2 aliphatic heterocycles. The SMILES string of the molecule is CC(C)=CCN(C(=O)CCN1CCN(C(=O)c2ccc3c(c2)OCO3)CC1)c1cn(C)c(=O)n(C)c1=O. The van der Waals surface area contributed by atoms with Gasteiger partial charge in [0.25, 0.3) is 11.5 Å². The van der Waals surface area contributed by atoms with Gasteiger partial charge in [-0.15, -0.1) is 0 Å². The predicted octanol–water partition coefficient (Wildman–Crippen LogP) is 0.960. The van der Waals surface area contributed by atoms with Crippen LogP contribution < -0.4 is 25.6 Å². The molecule has 198 valence electrons. The normalized spacial score (nSPS) is 15.0. The number of nitrogens with zero attached hydrogens (tertiary/aromatic N) is 5. The molecule has 0 atom stereocenters. The molecule has 0 spiro atoms. The lowest BCUT2D eigenvalue weighted by Crippen LogP contribution is -2.49. The van der Waals surface area contributed by atoms with Gasteiger partial charge in [-0.25, -0.2) is 4.79 Å². The fourth-order valence-electron chi connectivity index (χ4n) is 4.36. The molecule has 11 heteroatoms. The first-order valence-corrected chi connectivity index (χ1v) is 12.3. The number of anilines is 1. The fraction of sp³-hybridized carbons (Fsp3) is 0.462. The lowest BCUT2D eigenvalue weighted by atomic mass is 10.1. The summed E-state index contributed by atoms with van der Waals surface area (Å²) in [4.78, 5) is 56.5. The highest BCUT2D eigenvalue weighted by molar-refractivity contribution is 5.95. The van der Waals surface area contributed by atoms with Crippen LogP contribution in [0.15, 0.2) is 45.6 Å². The summed E-state index contributed by atoms with van der Waals surface area (Å²) < 4.78 is 13.0. The average Bonchev–Trinajstić information content (AvgIpc) is 3.37. The Morgan fingerprint density at radius 3 is 2.43 bits per heavy atom. The van der Waals surface area contributed by atoms with Gasteiger partial charge in [0.15, 0.2) is 11.5 Å². The molecule has 4 rings (SSSR count). The number of carbonyl (C=O) groups is 2. The zero-order chi connectivity index (χ0) is 26.7. The standard InChI is InChI=1S/C26H33N5O6/c1-18(2)7-10-31(20-16-27(3)26(35)28(4)25(20)34)23(32)8-9-29-11-13-30(14-12-29)24(33)19-5-6-21-22(15-19)37-17-36-21/h5-7,15-16H,8-14,17H2,1-4H3. The second kappa shape index (κ2) is 11.0. The number of ether oxygens (including phenoxy) is 2. The molecule has 1 fully saturated rings. The summed E-state index contributed by atoms with van der Waals surface area (Å²) in [5.74, 6) is 0.953. The Bertz CT molecular complexity index is 1330. The number of amides is 2. The minimum atomic E-state index is -0.505. The molecular formula is C26H33N5O6. The fourth-order valence-corrected chi connectivity index (χ4v) is 4.36. The third kappa shape index (κ3) is 5.77. The van der Waals surface area contributed by atoms with E-state index in [1.807, 2.05) is 19.9 Å². The molecule has 1 aromatic carbocycles. The van der Waals surface area contributed by atoms with Gasteiger partial charge >= 0.3 is 5.69 Å². The van der Waals surface area contributed by atoms with Crippen LogP contribution in [0.1, 0.15) is 30.6 Å². The monoisotopic (exact) mass is 511 g/mol. The van der Waals surface area contributed by atoms with Crippen molar-refractivity contribution in [2.24, 2.45) is 14.1 Å². The number of carbonyl (C=O) groups excluding carboxylic acids is 2. The van der Waals surface area contributed by atoms with Crippen molar-refractivity contribution in [3.8, 4) is 11.5 Å². The number of piperazine rings is 1. The molecule has 2 aliphatic rings. The maximum absolute atomic E-state index is 13.3. The summed E-state index contributed by atoms with van der Waals surface area (Å²) in [5.41, 5.74) is 0.793. The third-order valence-electron chi connectivity index (χ3n) is 6.62. The van der Waals surface area contributed by atoms with E-state index in [2.05, 4.69) is 4.90 Å². The zero-order valence-corrected chi connectivity index (χ0v) is 21.7. The Morgan fingerprint density at radius 1 is 1.03 bits per heavy atom. The van der Waals surface area contributed by atoms with Crippen molar-refractivity contribution in [1.29, 1.82) is 0 Å². The first kappa shape index (κ1) is 26.2. The molecule has 1 saturated heterocycles. The predicted molar refractivity (Wildman–Crippen MR) is 138 cm³/mol. The molecule has 0 bridgehead atoms. The number of benzene rings is 1. The number of hydrogen-bond donors (Lipinski definition) is 0. The number of rotatable bonds is 7. The summed E-state index contributed by atoms with van der Waals surface area (Å²) in [7, 11) is 2.96. The zero-order valence-electron chi connectivity index (χ0n) is 21.7. The van der Waals surface area contributed by atoms with E-state index in [1.54, 1.807) is 30.1 Å². The summed E-state index contributed by atoms with van der Waals surface area (Å²) in [5, 5.41) is 0. The first-order chi connectivity index (χ1) is 17.7. The van der Waals surface area contributed by atoms with Crippen LogP contribution in [-0.2, 0) is 18.9 Å². The average molecular weight is 512 g/mol. The second-order valence-corrected chi connectivity index (χ2v) is 9.51. The molecule has 0 N–H and O–H groups in total. The van der Waals surface area contributed by atoms with Crippen molar-refractivity contribution in [3.05, 3.63) is 62.4 Å². The van der Waals surface area contributed by atoms with Crippen LogP contribution in [0.2, 0.25) is 0 Å². The van der Waals surface area contributed by atoms with E-state index in [0.29, 0.717) is 49.8 Å². The molecule has 0 radical (unpaired) electrons. The highest BCUT2D eigenvalue weighted by Crippen LogP contribution is 2.32. The van der Waals surface area contributed by atoms with E-state index >= 15 is 0 Å². The molecule has 0 unspecified atom stereocenters. The largest absolute Gasteiger partial charge is 0.454 e. The van der Waals surface area contributed by atoms with Gasteiger partial charge in [-0.3, -0.25) is 23.9 Å². The van der Waals surface area contributed by atoms with Crippen LogP contribution in [0.5, 0.6) is 11.5 Å². The van der Waals surface area contributed by atoms with Gasteiger partial charge in [0.05, 0.1) is 0 Å². The number of aryl methyl sites for hydroxylation is 1. The minimum Gasteiger partial charge on any atom is -0.454 e. The third-order valence-corrected chi connectivity index (χ3v) is 6.62. The van der Waals surface area contributed by atoms with Gasteiger partial charge in [-0.2, -0.15) is 0 Å².